The van der Waals surface area contributed by atoms with Gasteiger partial charge in [-0.15, -0.1) is 5.10 Å². The van der Waals surface area contributed by atoms with E-state index in [0.29, 0.717) is 6.54 Å². The minimum Gasteiger partial charge on any atom is -0.494 e. The summed E-state index contributed by atoms with van der Waals surface area (Å²) in [6.07, 6.45) is 2.82. The van der Waals surface area contributed by atoms with Gasteiger partial charge in [-0.1, -0.05) is 11.3 Å². The molecule has 23 heavy (non-hydrogen) atoms. The molecule has 0 spiro atoms. The van der Waals surface area contributed by atoms with Crippen LogP contribution in [0.25, 0.3) is 0 Å². The van der Waals surface area contributed by atoms with Crippen LogP contribution in [0.2, 0.25) is 0 Å². The van der Waals surface area contributed by atoms with Crippen LogP contribution in [0.3, 0.4) is 0 Å². The van der Waals surface area contributed by atoms with E-state index in [4.69, 9.17) is 4.74 Å². The van der Waals surface area contributed by atoms with E-state index in [1.807, 2.05) is 12.3 Å². The summed E-state index contributed by atoms with van der Waals surface area (Å²) in [7, 11) is 1.46. The molecule has 1 aliphatic heterocycles. The molecule has 1 saturated heterocycles. The van der Waals surface area contributed by atoms with E-state index in [2.05, 4.69) is 20.5 Å². The van der Waals surface area contributed by atoms with Gasteiger partial charge < -0.3 is 15.0 Å². The monoisotopic (exact) mass is 319 g/mol. The fraction of sp³-hybridized carbons (Fsp3) is 0.500. The zero-order valence-corrected chi connectivity index (χ0v) is 13.3. The molecule has 0 unspecified atom stereocenters. The number of ether oxygens (including phenoxy) is 1. The van der Waals surface area contributed by atoms with E-state index in [-0.39, 0.29) is 11.6 Å². The van der Waals surface area contributed by atoms with Crippen LogP contribution in [-0.4, -0.2) is 59.7 Å². The molecule has 0 radical (unpaired) electrons. The van der Waals surface area contributed by atoms with Crippen molar-refractivity contribution in [3.05, 3.63) is 41.5 Å². The second-order valence-electron chi connectivity index (χ2n) is 5.72. The highest BCUT2D eigenvalue weighted by Gasteiger charge is 2.11. The Balaban J connectivity index is 1.55. The first kappa shape index (κ1) is 15.9. The van der Waals surface area contributed by atoms with Crippen molar-refractivity contribution in [1.29, 1.82) is 0 Å². The minimum absolute atomic E-state index is 0.254. The van der Waals surface area contributed by atoms with Crippen LogP contribution < -0.4 is 10.1 Å². The number of nitrogens with zero attached hydrogens (tertiary/aromatic N) is 4. The van der Waals surface area contributed by atoms with Crippen molar-refractivity contribution in [2.75, 3.05) is 39.8 Å². The highest BCUT2D eigenvalue weighted by molar-refractivity contribution is 5.29. The average Bonchev–Trinajstić information content (AvgIpc) is 3.02. The van der Waals surface area contributed by atoms with Crippen molar-refractivity contribution in [2.45, 2.75) is 13.0 Å². The highest BCUT2D eigenvalue weighted by Crippen LogP contribution is 2.18. The Bertz CT molecular complexity index is 639. The number of nitrogens with one attached hydrogen (secondary N) is 1. The van der Waals surface area contributed by atoms with Crippen LogP contribution in [0.15, 0.2) is 24.4 Å². The largest absolute Gasteiger partial charge is 0.494 e. The van der Waals surface area contributed by atoms with Crippen molar-refractivity contribution in [2.24, 2.45) is 0 Å². The average molecular weight is 319 g/mol. The predicted molar refractivity (Wildman–Crippen MR) is 85.1 cm³/mol. The Morgan fingerprint density at radius 3 is 2.87 bits per heavy atom. The summed E-state index contributed by atoms with van der Waals surface area (Å²) >= 11 is 0. The van der Waals surface area contributed by atoms with Gasteiger partial charge in [0.1, 0.15) is 0 Å². The van der Waals surface area contributed by atoms with Gasteiger partial charge in [-0.05, 0) is 17.7 Å². The minimum atomic E-state index is -0.357. The molecule has 0 aliphatic carbocycles. The maximum absolute atomic E-state index is 13.7. The molecule has 1 fully saturated rings. The summed E-state index contributed by atoms with van der Waals surface area (Å²) in [6, 6.07) is 4.94. The lowest BCUT2D eigenvalue weighted by Gasteiger charge is -2.26. The molecule has 124 valence electrons. The first-order chi connectivity index (χ1) is 11.2. The Hall–Kier alpha value is -1.99. The van der Waals surface area contributed by atoms with E-state index >= 15 is 0 Å². The summed E-state index contributed by atoms with van der Waals surface area (Å²) in [4.78, 5) is 2.42. The molecule has 0 bridgehead atoms. The van der Waals surface area contributed by atoms with Gasteiger partial charge in [0, 0.05) is 45.3 Å². The van der Waals surface area contributed by atoms with Gasteiger partial charge in [-0.2, -0.15) is 0 Å². The number of aromatic nitrogens is 3. The van der Waals surface area contributed by atoms with E-state index in [9.17, 15) is 4.39 Å². The fourth-order valence-electron chi connectivity index (χ4n) is 2.73. The Labute approximate surface area is 135 Å². The first-order valence-electron chi connectivity index (χ1n) is 7.89. The van der Waals surface area contributed by atoms with E-state index in [0.717, 1.165) is 50.4 Å². The summed E-state index contributed by atoms with van der Waals surface area (Å²) < 4.78 is 20.4. The van der Waals surface area contributed by atoms with Gasteiger partial charge in [0.25, 0.3) is 0 Å². The van der Waals surface area contributed by atoms with Crippen molar-refractivity contribution in [3.63, 3.8) is 0 Å². The summed E-state index contributed by atoms with van der Waals surface area (Å²) in [6.45, 7) is 5.77. The number of benzene rings is 1. The summed E-state index contributed by atoms with van der Waals surface area (Å²) in [5.41, 5.74) is 1.80. The SMILES string of the molecule is COc1ccc(Cn2cc(CCN3CCNCC3)nn2)cc1F. The van der Waals surface area contributed by atoms with Gasteiger partial charge in [0.05, 0.1) is 19.3 Å². The maximum Gasteiger partial charge on any atom is 0.165 e. The number of hydrogen-bond acceptors (Lipinski definition) is 5. The quantitative estimate of drug-likeness (QED) is 0.858. The van der Waals surface area contributed by atoms with E-state index < -0.39 is 0 Å². The van der Waals surface area contributed by atoms with Gasteiger partial charge >= 0.3 is 0 Å². The van der Waals surface area contributed by atoms with Crippen LogP contribution in [0.1, 0.15) is 11.3 Å². The first-order valence-corrected chi connectivity index (χ1v) is 7.89. The van der Waals surface area contributed by atoms with Crippen molar-refractivity contribution in [3.8, 4) is 5.75 Å². The van der Waals surface area contributed by atoms with Gasteiger partial charge in [0.2, 0.25) is 0 Å². The van der Waals surface area contributed by atoms with Gasteiger partial charge in [0.15, 0.2) is 11.6 Å². The van der Waals surface area contributed by atoms with E-state index in [1.54, 1.807) is 10.7 Å². The van der Waals surface area contributed by atoms with E-state index in [1.165, 1.54) is 13.2 Å². The molecule has 0 amide bonds. The van der Waals surface area contributed by atoms with Gasteiger partial charge in [-0.3, -0.25) is 0 Å². The van der Waals surface area contributed by atoms with Crippen molar-refractivity contribution < 1.29 is 9.13 Å². The lowest BCUT2D eigenvalue weighted by molar-refractivity contribution is 0.243. The second kappa shape index (κ2) is 7.52. The summed E-state index contributed by atoms with van der Waals surface area (Å²) in [5.74, 6) is -0.104. The molecule has 1 aromatic carbocycles. The second-order valence-corrected chi connectivity index (χ2v) is 5.72. The number of rotatable bonds is 6. The normalized spacial score (nSPS) is 15.7. The van der Waals surface area contributed by atoms with Crippen LogP contribution in [0, 0.1) is 5.82 Å². The molecule has 3 rings (SSSR count). The van der Waals surface area contributed by atoms with Gasteiger partial charge in [-0.25, -0.2) is 9.07 Å². The Morgan fingerprint density at radius 1 is 1.30 bits per heavy atom. The third-order valence-electron chi connectivity index (χ3n) is 4.04. The molecule has 7 heteroatoms. The summed E-state index contributed by atoms with van der Waals surface area (Å²) in [5, 5.41) is 11.7. The van der Waals surface area contributed by atoms with Crippen molar-refractivity contribution >= 4 is 0 Å². The number of halogens is 1. The Morgan fingerprint density at radius 2 is 2.13 bits per heavy atom. The molecular weight excluding hydrogens is 297 g/mol. The maximum atomic E-state index is 13.7. The molecule has 0 atom stereocenters. The lowest BCUT2D eigenvalue weighted by atomic mass is 10.2. The molecule has 0 saturated carbocycles. The zero-order chi connectivity index (χ0) is 16.1. The molecule has 1 aromatic heterocycles. The molecular formula is C16H22FN5O. The number of piperazine rings is 1. The van der Waals surface area contributed by atoms with Crippen LogP contribution in [-0.2, 0) is 13.0 Å². The molecule has 2 aromatic rings. The van der Waals surface area contributed by atoms with Crippen LogP contribution in [0.5, 0.6) is 5.75 Å². The topological polar surface area (TPSA) is 55.2 Å². The van der Waals surface area contributed by atoms with Crippen LogP contribution >= 0.6 is 0 Å². The number of hydrogen-bond donors (Lipinski definition) is 1. The smallest absolute Gasteiger partial charge is 0.165 e. The van der Waals surface area contributed by atoms with Crippen molar-refractivity contribution in [1.82, 2.24) is 25.2 Å². The Kier molecular flexibility index (Phi) is 5.19. The molecule has 6 nitrogen and oxygen atoms in total. The third kappa shape index (κ3) is 4.27. The highest BCUT2D eigenvalue weighted by atomic mass is 19.1. The molecule has 2 heterocycles. The zero-order valence-electron chi connectivity index (χ0n) is 13.3. The third-order valence-corrected chi connectivity index (χ3v) is 4.04. The lowest BCUT2D eigenvalue weighted by Crippen LogP contribution is -2.44. The fourth-order valence-corrected chi connectivity index (χ4v) is 2.73. The van der Waals surface area contributed by atoms with Crippen LogP contribution in [0.4, 0.5) is 4.39 Å². The molecule has 1 N–H and O–H groups in total. The standard InChI is InChI=1S/C16H22FN5O/c1-23-16-3-2-13(10-15(16)17)11-22-12-14(19-20-22)4-7-21-8-5-18-6-9-21/h2-3,10,12,18H,4-9,11H2,1H3. The number of methoxy groups -OCH3 is 1. The molecule has 1 aliphatic rings. The predicted octanol–water partition coefficient (Wildman–Crippen LogP) is 0.922.